The second-order valence-corrected chi connectivity index (χ2v) is 8.34. The number of hydrogen-bond acceptors (Lipinski definition) is 6. The molecule has 1 aliphatic heterocycles. The fourth-order valence-electron chi connectivity index (χ4n) is 2.69. The Bertz CT molecular complexity index is 710. The van der Waals surface area contributed by atoms with E-state index in [9.17, 15) is 8.42 Å². The van der Waals surface area contributed by atoms with Gasteiger partial charge in [0.25, 0.3) is 0 Å². The number of piperidine rings is 1. The molecule has 1 unspecified atom stereocenters. The molecule has 0 bridgehead atoms. The van der Waals surface area contributed by atoms with Crippen molar-refractivity contribution in [2.75, 3.05) is 18.8 Å². The first-order valence-electron chi connectivity index (χ1n) is 7.44. The highest BCUT2D eigenvalue weighted by Crippen LogP contribution is 2.30. The van der Waals surface area contributed by atoms with Crippen LogP contribution in [0.25, 0.3) is 11.5 Å². The Morgan fingerprint density at radius 2 is 2.32 bits per heavy atom. The van der Waals surface area contributed by atoms with Crippen LogP contribution in [0.15, 0.2) is 21.2 Å². The summed E-state index contributed by atoms with van der Waals surface area (Å²) in [5, 5.41) is 12.1. The average molecular weight is 341 g/mol. The predicted molar refractivity (Wildman–Crippen MR) is 85.2 cm³/mol. The van der Waals surface area contributed by atoms with Crippen molar-refractivity contribution < 1.29 is 12.8 Å². The fraction of sp³-hybridized carbons (Fsp3) is 0.571. The lowest BCUT2D eigenvalue weighted by Crippen LogP contribution is -2.40. The molecule has 2 aromatic rings. The Morgan fingerprint density at radius 3 is 3.05 bits per heavy atom. The molecule has 3 rings (SSSR count). The van der Waals surface area contributed by atoms with Crippen LogP contribution in [0, 0.1) is 0 Å². The van der Waals surface area contributed by atoms with Crippen molar-refractivity contribution in [3.8, 4) is 11.5 Å². The molecule has 0 N–H and O–H groups in total. The second kappa shape index (κ2) is 6.47. The maximum atomic E-state index is 12.2. The number of sulfonamides is 1. The van der Waals surface area contributed by atoms with Crippen LogP contribution in [-0.2, 0) is 10.0 Å². The van der Waals surface area contributed by atoms with Crippen molar-refractivity contribution in [3.63, 3.8) is 0 Å². The SMILES string of the molecule is CCCS(=O)(=O)N1CCCC(c2nnc(-c3ccsc3)o2)C1. The molecule has 0 radical (unpaired) electrons. The van der Waals surface area contributed by atoms with Gasteiger partial charge in [-0.05, 0) is 30.7 Å². The highest BCUT2D eigenvalue weighted by Gasteiger charge is 2.31. The van der Waals surface area contributed by atoms with Gasteiger partial charge in [-0.1, -0.05) is 6.92 Å². The Balaban J connectivity index is 1.75. The van der Waals surface area contributed by atoms with E-state index in [1.165, 1.54) is 0 Å². The van der Waals surface area contributed by atoms with E-state index in [1.54, 1.807) is 15.6 Å². The van der Waals surface area contributed by atoms with E-state index < -0.39 is 10.0 Å². The number of aromatic nitrogens is 2. The summed E-state index contributed by atoms with van der Waals surface area (Å²) in [6.45, 7) is 2.90. The van der Waals surface area contributed by atoms with Gasteiger partial charge in [0.05, 0.1) is 11.7 Å². The average Bonchev–Trinajstić information content (AvgIpc) is 3.18. The van der Waals surface area contributed by atoms with E-state index in [0.717, 1.165) is 18.4 Å². The molecular formula is C14H19N3O3S2. The van der Waals surface area contributed by atoms with Gasteiger partial charge in [-0.15, -0.1) is 10.2 Å². The summed E-state index contributed by atoms with van der Waals surface area (Å²) in [7, 11) is -3.17. The molecule has 1 saturated heterocycles. The van der Waals surface area contributed by atoms with E-state index in [2.05, 4.69) is 10.2 Å². The van der Waals surface area contributed by atoms with E-state index in [0.29, 0.717) is 31.3 Å². The summed E-state index contributed by atoms with van der Waals surface area (Å²) < 4.78 is 31.8. The predicted octanol–water partition coefficient (Wildman–Crippen LogP) is 2.72. The topological polar surface area (TPSA) is 76.3 Å². The highest BCUT2D eigenvalue weighted by atomic mass is 32.2. The Kier molecular flexibility index (Phi) is 4.60. The maximum Gasteiger partial charge on any atom is 0.248 e. The molecule has 1 atom stereocenters. The minimum Gasteiger partial charge on any atom is -0.420 e. The van der Waals surface area contributed by atoms with Gasteiger partial charge in [-0.3, -0.25) is 0 Å². The van der Waals surface area contributed by atoms with E-state index in [4.69, 9.17) is 4.42 Å². The van der Waals surface area contributed by atoms with Crippen LogP contribution in [0.3, 0.4) is 0 Å². The summed E-state index contributed by atoms with van der Waals surface area (Å²) in [5.41, 5.74) is 0.912. The van der Waals surface area contributed by atoms with E-state index >= 15 is 0 Å². The molecule has 0 aliphatic carbocycles. The van der Waals surface area contributed by atoms with Crippen LogP contribution >= 0.6 is 11.3 Å². The van der Waals surface area contributed by atoms with Crippen LogP contribution in [0.4, 0.5) is 0 Å². The van der Waals surface area contributed by atoms with Crippen LogP contribution in [0.1, 0.15) is 38.0 Å². The van der Waals surface area contributed by atoms with Crippen molar-refractivity contribution in [3.05, 3.63) is 22.7 Å². The third-order valence-electron chi connectivity index (χ3n) is 3.80. The standard InChI is InChI=1S/C14H19N3O3S2/c1-2-8-22(18,19)17-6-3-4-11(9-17)13-15-16-14(20-13)12-5-7-21-10-12/h5,7,10-11H,2-4,6,8-9H2,1H3. The van der Waals surface area contributed by atoms with Crippen molar-refractivity contribution in [2.45, 2.75) is 32.1 Å². The Morgan fingerprint density at radius 1 is 1.45 bits per heavy atom. The quantitative estimate of drug-likeness (QED) is 0.836. The van der Waals surface area contributed by atoms with Gasteiger partial charge < -0.3 is 4.42 Å². The summed E-state index contributed by atoms with van der Waals surface area (Å²) >= 11 is 1.57. The largest absolute Gasteiger partial charge is 0.420 e. The zero-order valence-corrected chi connectivity index (χ0v) is 14.1. The van der Waals surface area contributed by atoms with Gasteiger partial charge in [0, 0.05) is 24.0 Å². The minimum absolute atomic E-state index is 0.0136. The maximum absolute atomic E-state index is 12.2. The lowest BCUT2D eigenvalue weighted by molar-refractivity contribution is 0.286. The zero-order valence-electron chi connectivity index (χ0n) is 12.4. The van der Waals surface area contributed by atoms with Crippen LogP contribution < -0.4 is 0 Å². The van der Waals surface area contributed by atoms with Crippen LogP contribution in [0.5, 0.6) is 0 Å². The normalized spacial score (nSPS) is 20.3. The Hall–Kier alpha value is -1.25. The van der Waals surface area contributed by atoms with Gasteiger partial charge in [0.1, 0.15) is 0 Å². The zero-order chi connectivity index (χ0) is 15.6. The molecular weight excluding hydrogens is 322 g/mol. The van der Waals surface area contributed by atoms with E-state index in [-0.39, 0.29) is 11.7 Å². The number of nitrogens with zero attached hydrogens (tertiary/aromatic N) is 3. The Labute approximate surface area is 134 Å². The van der Waals surface area contributed by atoms with Crippen molar-refractivity contribution >= 4 is 21.4 Å². The third kappa shape index (κ3) is 3.23. The third-order valence-corrected chi connectivity index (χ3v) is 6.52. The lowest BCUT2D eigenvalue weighted by atomic mass is 10.00. The first-order chi connectivity index (χ1) is 10.6. The molecule has 22 heavy (non-hydrogen) atoms. The molecule has 1 aliphatic rings. The molecule has 3 heterocycles. The summed E-state index contributed by atoms with van der Waals surface area (Å²) in [5.74, 6) is 1.23. The molecule has 8 heteroatoms. The van der Waals surface area contributed by atoms with E-state index in [1.807, 2.05) is 23.8 Å². The summed E-state index contributed by atoms with van der Waals surface area (Å²) in [6.07, 6.45) is 2.33. The van der Waals surface area contributed by atoms with Crippen molar-refractivity contribution in [1.29, 1.82) is 0 Å². The van der Waals surface area contributed by atoms with Crippen LogP contribution in [-0.4, -0.2) is 41.8 Å². The number of hydrogen-bond donors (Lipinski definition) is 0. The molecule has 6 nitrogen and oxygen atoms in total. The molecule has 120 valence electrons. The van der Waals surface area contributed by atoms with Gasteiger partial charge >= 0.3 is 0 Å². The molecule has 0 spiro atoms. The molecule has 1 fully saturated rings. The fourth-order valence-corrected chi connectivity index (χ4v) is 4.90. The molecule has 2 aromatic heterocycles. The number of thiophene rings is 1. The molecule has 0 amide bonds. The minimum atomic E-state index is -3.17. The van der Waals surface area contributed by atoms with Crippen molar-refractivity contribution in [2.24, 2.45) is 0 Å². The molecule has 0 saturated carbocycles. The first kappa shape index (κ1) is 15.6. The highest BCUT2D eigenvalue weighted by molar-refractivity contribution is 7.89. The van der Waals surface area contributed by atoms with Gasteiger partial charge in [0.15, 0.2) is 0 Å². The van der Waals surface area contributed by atoms with Gasteiger partial charge in [-0.25, -0.2) is 12.7 Å². The second-order valence-electron chi connectivity index (χ2n) is 5.47. The molecule has 0 aromatic carbocycles. The lowest BCUT2D eigenvalue weighted by Gasteiger charge is -2.30. The monoisotopic (exact) mass is 341 g/mol. The summed E-state index contributed by atoms with van der Waals surface area (Å²) in [6, 6.07) is 1.93. The van der Waals surface area contributed by atoms with Gasteiger partial charge in [-0.2, -0.15) is 11.3 Å². The number of rotatable bonds is 5. The van der Waals surface area contributed by atoms with Gasteiger partial charge in [0.2, 0.25) is 21.8 Å². The van der Waals surface area contributed by atoms with Crippen LogP contribution in [0.2, 0.25) is 0 Å². The smallest absolute Gasteiger partial charge is 0.248 e. The first-order valence-corrected chi connectivity index (χ1v) is 9.99. The van der Waals surface area contributed by atoms with Crippen molar-refractivity contribution in [1.82, 2.24) is 14.5 Å². The summed E-state index contributed by atoms with van der Waals surface area (Å²) in [4.78, 5) is 0.